The minimum Gasteiger partial charge on any atom is -0.495 e. The number of halogens is 1. The van der Waals surface area contributed by atoms with Gasteiger partial charge in [-0.15, -0.1) is 0 Å². The second-order valence-corrected chi connectivity index (χ2v) is 7.09. The van der Waals surface area contributed by atoms with Crippen LogP contribution in [0.3, 0.4) is 0 Å². The normalized spacial score (nSPS) is 20.8. The number of benzene rings is 1. The minimum atomic E-state index is -0.382. The molecule has 2 heterocycles. The molecule has 1 aromatic rings. The predicted molar refractivity (Wildman–Crippen MR) is 101 cm³/mol. The first kappa shape index (κ1) is 18.8. The molecular formula is C18H25ClN4O3. The van der Waals surface area contributed by atoms with Crippen LogP contribution in [0.25, 0.3) is 0 Å². The molecule has 0 radical (unpaired) electrons. The monoisotopic (exact) mass is 380 g/mol. The second kappa shape index (κ2) is 8.60. The lowest BCUT2D eigenvalue weighted by atomic mass is 10.1. The molecule has 2 saturated heterocycles. The van der Waals surface area contributed by atoms with Gasteiger partial charge in [-0.05, 0) is 44.0 Å². The molecule has 2 aliphatic heterocycles. The molecule has 8 heteroatoms. The van der Waals surface area contributed by atoms with E-state index >= 15 is 0 Å². The van der Waals surface area contributed by atoms with Crippen molar-refractivity contribution in [3.8, 4) is 5.75 Å². The molecule has 2 aliphatic rings. The lowest BCUT2D eigenvalue weighted by Crippen LogP contribution is -2.46. The highest BCUT2D eigenvalue weighted by molar-refractivity contribution is 6.30. The van der Waals surface area contributed by atoms with Crippen molar-refractivity contribution >= 4 is 29.2 Å². The quantitative estimate of drug-likeness (QED) is 0.558. The van der Waals surface area contributed by atoms with Crippen molar-refractivity contribution in [2.45, 2.75) is 25.3 Å². The largest absolute Gasteiger partial charge is 0.495 e. The Morgan fingerprint density at radius 1 is 1.19 bits per heavy atom. The first-order valence-corrected chi connectivity index (χ1v) is 9.37. The van der Waals surface area contributed by atoms with Gasteiger partial charge in [0.2, 0.25) is 0 Å². The summed E-state index contributed by atoms with van der Waals surface area (Å²) in [6.07, 6.45) is 2.62. The Morgan fingerprint density at radius 2 is 1.96 bits per heavy atom. The van der Waals surface area contributed by atoms with Gasteiger partial charge in [0.25, 0.3) is 5.91 Å². The van der Waals surface area contributed by atoms with Gasteiger partial charge in [-0.2, -0.15) is 0 Å². The zero-order chi connectivity index (χ0) is 18.5. The van der Waals surface area contributed by atoms with Gasteiger partial charge in [0.15, 0.2) is 0 Å². The number of ether oxygens (including phenoxy) is 1. The van der Waals surface area contributed by atoms with Gasteiger partial charge in [0, 0.05) is 31.2 Å². The summed E-state index contributed by atoms with van der Waals surface area (Å²) < 4.78 is 5.45. The van der Waals surface area contributed by atoms with Crippen molar-refractivity contribution in [2.75, 3.05) is 44.7 Å². The van der Waals surface area contributed by atoms with Crippen LogP contribution in [0.5, 0.6) is 5.75 Å². The summed E-state index contributed by atoms with van der Waals surface area (Å²) in [5.41, 5.74) is 1.04. The van der Waals surface area contributed by atoms with E-state index in [-0.39, 0.29) is 18.0 Å². The van der Waals surface area contributed by atoms with E-state index in [0.717, 1.165) is 57.0 Å². The van der Waals surface area contributed by atoms with Crippen molar-refractivity contribution in [1.29, 1.82) is 0 Å². The molecule has 0 saturated carbocycles. The molecule has 142 valence electrons. The lowest BCUT2D eigenvalue weighted by Gasteiger charge is -2.36. The van der Waals surface area contributed by atoms with Crippen LogP contribution in [0, 0.1) is 0 Å². The summed E-state index contributed by atoms with van der Waals surface area (Å²) in [5, 5.41) is 5.62. The van der Waals surface area contributed by atoms with Gasteiger partial charge in [0.05, 0.1) is 12.8 Å². The Hall–Kier alpha value is -1.99. The Bertz CT molecular complexity index is 662. The van der Waals surface area contributed by atoms with E-state index in [1.165, 1.54) is 0 Å². The first-order valence-electron chi connectivity index (χ1n) is 8.99. The fourth-order valence-corrected chi connectivity index (χ4v) is 3.64. The molecule has 2 fully saturated rings. The van der Waals surface area contributed by atoms with Crippen molar-refractivity contribution in [2.24, 2.45) is 0 Å². The van der Waals surface area contributed by atoms with Crippen LogP contribution in [-0.2, 0) is 4.79 Å². The number of amides is 3. The number of carbonyl (C=O) groups excluding carboxylic acids is 2. The maximum Gasteiger partial charge on any atom is 0.322 e. The van der Waals surface area contributed by atoms with Crippen LogP contribution in [0.15, 0.2) is 18.2 Å². The van der Waals surface area contributed by atoms with Crippen LogP contribution in [-0.4, -0.2) is 62.7 Å². The molecule has 0 aliphatic carbocycles. The lowest BCUT2D eigenvalue weighted by molar-refractivity contribution is -0.120. The number of imide groups is 1. The number of unbranched alkanes of at least 4 members (excludes halogenated alkanes) is 1. The third-order valence-corrected chi connectivity index (χ3v) is 5.16. The Morgan fingerprint density at radius 3 is 2.62 bits per heavy atom. The third kappa shape index (κ3) is 4.59. The smallest absolute Gasteiger partial charge is 0.322 e. The van der Waals surface area contributed by atoms with Crippen molar-refractivity contribution < 1.29 is 14.3 Å². The van der Waals surface area contributed by atoms with E-state index in [2.05, 4.69) is 20.4 Å². The van der Waals surface area contributed by atoms with Gasteiger partial charge in [-0.25, -0.2) is 4.79 Å². The second-order valence-electron chi connectivity index (χ2n) is 6.66. The van der Waals surface area contributed by atoms with Crippen molar-refractivity contribution in [1.82, 2.24) is 15.5 Å². The van der Waals surface area contributed by atoms with E-state index < -0.39 is 0 Å². The SMILES string of the molecule is COc1ccc(Cl)cc1N1CCN(CCCCC2NC(=O)NC2=O)CC1. The fourth-order valence-electron chi connectivity index (χ4n) is 3.47. The van der Waals surface area contributed by atoms with Crippen molar-refractivity contribution in [3.63, 3.8) is 0 Å². The van der Waals surface area contributed by atoms with Crippen molar-refractivity contribution in [3.05, 3.63) is 23.2 Å². The van der Waals surface area contributed by atoms with Gasteiger partial charge in [-0.3, -0.25) is 15.0 Å². The molecule has 3 amide bonds. The van der Waals surface area contributed by atoms with Gasteiger partial charge >= 0.3 is 6.03 Å². The van der Waals surface area contributed by atoms with Crippen LogP contribution >= 0.6 is 11.6 Å². The Balaban J connectivity index is 1.40. The average molecular weight is 381 g/mol. The van der Waals surface area contributed by atoms with E-state index in [4.69, 9.17) is 16.3 Å². The van der Waals surface area contributed by atoms with Gasteiger partial charge in [-0.1, -0.05) is 11.6 Å². The molecule has 0 bridgehead atoms. The molecule has 2 N–H and O–H groups in total. The molecular weight excluding hydrogens is 356 g/mol. The van der Waals surface area contributed by atoms with E-state index in [9.17, 15) is 9.59 Å². The molecule has 1 aromatic carbocycles. The molecule has 0 spiro atoms. The molecule has 26 heavy (non-hydrogen) atoms. The Kier molecular flexibility index (Phi) is 6.21. The number of urea groups is 1. The van der Waals surface area contributed by atoms with Crippen LogP contribution in [0.2, 0.25) is 5.02 Å². The summed E-state index contributed by atoms with van der Waals surface area (Å²) in [4.78, 5) is 27.3. The minimum absolute atomic E-state index is 0.209. The topological polar surface area (TPSA) is 73.9 Å². The number of rotatable bonds is 7. The number of hydrogen-bond donors (Lipinski definition) is 2. The molecule has 7 nitrogen and oxygen atoms in total. The van der Waals surface area contributed by atoms with Crippen LogP contribution in [0.4, 0.5) is 10.5 Å². The predicted octanol–water partition coefficient (Wildman–Crippen LogP) is 1.85. The summed E-state index contributed by atoms with van der Waals surface area (Å²) in [5.74, 6) is 0.638. The number of nitrogens with zero attached hydrogens (tertiary/aromatic N) is 2. The fraction of sp³-hybridized carbons (Fsp3) is 0.556. The number of anilines is 1. The summed E-state index contributed by atoms with van der Waals surface area (Å²) in [6.45, 7) is 4.82. The highest BCUT2D eigenvalue weighted by Crippen LogP contribution is 2.31. The van der Waals surface area contributed by atoms with E-state index in [1.807, 2.05) is 18.2 Å². The molecule has 0 aromatic heterocycles. The van der Waals surface area contributed by atoms with Crippen LogP contribution < -0.4 is 20.3 Å². The number of hydrogen-bond acceptors (Lipinski definition) is 5. The standard InChI is InChI=1S/C18H25ClN4O3/c1-26-16-6-5-13(19)12-15(16)23-10-8-22(9-11-23)7-3-2-4-14-17(24)21-18(25)20-14/h5-6,12,14H,2-4,7-11H2,1H3,(H2,20,21,24,25). The first-order chi connectivity index (χ1) is 12.6. The molecule has 3 rings (SSSR count). The number of nitrogens with one attached hydrogen (secondary N) is 2. The maximum absolute atomic E-state index is 11.5. The van der Waals surface area contributed by atoms with E-state index in [1.54, 1.807) is 7.11 Å². The number of carbonyl (C=O) groups is 2. The molecule has 1 atom stereocenters. The molecule has 1 unspecified atom stereocenters. The summed E-state index contributed by atoms with van der Waals surface area (Å²) in [6, 6.07) is 4.95. The summed E-state index contributed by atoms with van der Waals surface area (Å²) >= 11 is 6.13. The zero-order valence-electron chi connectivity index (χ0n) is 15.0. The van der Waals surface area contributed by atoms with E-state index in [0.29, 0.717) is 11.4 Å². The highest BCUT2D eigenvalue weighted by Gasteiger charge is 2.28. The number of piperazine rings is 1. The summed E-state index contributed by atoms with van der Waals surface area (Å²) in [7, 11) is 1.68. The van der Waals surface area contributed by atoms with Crippen LogP contribution in [0.1, 0.15) is 19.3 Å². The average Bonchev–Trinajstić information content (AvgIpc) is 2.96. The maximum atomic E-state index is 11.5. The Labute approximate surface area is 158 Å². The zero-order valence-corrected chi connectivity index (χ0v) is 15.7. The number of methoxy groups -OCH3 is 1. The third-order valence-electron chi connectivity index (χ3n) is 4.93. The van der Waals surface area contributed by atoms with Gasteiger partial charge < -0.3 is 15.0 Å². The van der Waals surface area contributed by atoms with Gasteiger partial charge in [0.1, 0.15) is 11.8 Å². The highest BCUT2D eigenvalue weighted by atomic mass is 35.5.